The molecule has 7 nitrogen and oxygen atoms in total. The predicted molar refractivity (Wildman–Crippen MR) is 111 cm³/mol. The van der Waals surface area contributed by atoms with E-state index in [1.807, 2.05) is 25.1 Å². The molecule has 0 saturated heterocycles. The van der Waals surface area contributed by atoms with Crippen LogP contribution < -0.4 is 14.4 Å². The molecule has 1 amide bonds. The highest BCUT2D eigenvalue weighted by molar-refractivity contribution is 7.94. The van der Waals surface area contributed by atoms with E-state index < -0.39 is 10.0 Å². The lowest BCUT2D eigenvalue weighted by Crippen LogP contribution is -2.39. The number of ether oxygens (including phenoxy) is 1. The van der Waals surface area contributed by atoms with Crippen LogP contribution in [0.1, 0.15) is 13.3 Å². The molecule has 4 rings (SSSR count). The number of thiophene rings is 1. The smallest absolute Gasteiger partial charge is 0.273 e. The Kier molecular flexibility index (Phi) is 5.09. The van der Waals surface area contributed by atoms with E-state index in [4.69, 9.17) is 4.74 Å². The Morgan fingerprint density at radius 1 is 1.29 bits per heavy atom. The average molecular weight is 436 g/mol. The monoisotopic (exact) mass is 435 g/mol. The molecule has 1 N–H and O–H groups in total. The number of nitrogens with one attached hydrogen (secondary N) is 1. The molecule has 0 atom stereocenters. The van der Waals surface area contributed by atoms with E-state index in [0.29, 0.717) is 28.8 Å². The standard InChI is InChI=1S/C18H17N3O4S3/c1-2-7-21-14-9-12(5-6-15(14)25-10-16(21)22)13-11-27-18(19-13)20-28(23,24)17-4-3-8-26-17/h3-6,8-9,11H,2,7,10H2,1H3,(H,19,20). The quantitative estimate of drug-likeness (QED) is 0.636. The first-order valence-corrected chi connectivity index (χ1v) is 11.8. The highest BCUT2D eigenvalue weighted by atomic mass is 32.2. The van der Waals surface area contributed by atoms with Gasteiger partial charge in [0.25, 0.3) is 15.9 Å². The molecule has 0 radical (unpaired) electrons. The van der Waals surface area contributed by atoms with Gasteiger partial charge in [-0.05, 0) is 36.1 Å². The van der Waals surface area contributed by atoms with Gasteiger partial charge >= 0.3 is 0 Å². The van der Waals surface area contributed by atoms with Crippen LogP contribution in [0.3, 0.4) is 0 Å². The molecule has 1 aromatic carbocycles. The number of aromatic nitrogens is 1. The molecular formula is C18H17N3O4S3. The molecule has 1 aliphatic heterocycles. The van der Waals surface area contributed by atoms with Crippen molar-refractivity contribution in [1.29, 1.82) is 0 Å². The van der Waals surface area contributed by atoms with Crippen LogP contribution in [0.2, 0.25) is 0 Å². The van der Waals surface area contributed by atoms with Crippen LogP contribution in [0.4, 0.5) is 10.8 Å². The van der Waals surface area contributed by atoms with Crippen LogP contribution in [0, 0.1) is 0 Å². The van der Waals surface area contributed by atoms with Crippen LogP contribution >= 0.6 is 22.7 Å². The Labute approximate surface area is 170 Å². The number of rotatable bonds is 6. The summed E-state index contributed by atoms with van der Waals surface area (Å²) in [6.07, 6.45) is 0.834. The molecule has 3 heterocycles. The SMILES string of the molecule is CCCN1C(=O)COc2ccc(-c3csc(NS(=O)(=O)c4cccs4)n3)cc21. The Hall–Kier alpha value is -2.43. The number of nitrogens with zero attached hydrogens (tertiary/aromatic N) is 2. The van der Waals surface area contributed by atoms with Crippen molar-refractivity contribution < 1.29 is 17.9 Å². The van der Waals surface area contributed by atoms with Gasteiger partial charge in [0.05, 0.1) is 11.4 Å². The summed E-state index contributed by atoms with van der Waals surface area (Å²) in [5.74, 6) is 0.583. The van der Waals surface area contributed by atoms with E-state index in [2.05, 4.69) is 9.71 Å². The van der Waals surface area contributed by atoms with E-state index in [9.17, 15) is 13.2 Å². The van der Waals surface area contributed by atoms with Crippen LogP contribution in [0.5, 0.6) is 5.75 Å². The van der Waals surface area contributed by atoms with Crippen LogP contribution in [0.25, 0.3) is 11.3 Å². The number of anilines is 2. The van der Waals surface area contributed by atoms with Crippen molar-refractivity contribution in [2.75, 3.05) is 22.8 Å². The highest BCUT2D eigenvalue weighted by Crippen LogP contribution is 2.37. The summed E-state index contributed by atoms with van der Waals surface area (Å²) in [6.45, 7) is 2.66. The summed E-state index contributed by atoms with van der Waals surface area (Å²) < 4.78 is 33.0. The Morgan fingerprint density at radius 3 is 2.89 bits per heavy atom. The first-order chi connectivity index (χ1) is 13.5. The zero-order chi connectivity index (χ0) is 19.7. The van der Waals surface area contributed by atoms with Gasteiger partial charge in [-0.25, -0.2) is 13.4 Å². The third kappa shape index (κ3) is 3.62. The number of hydrogen-bond donors (Lipinski definition) is 1. The minimum absolute atomic E-state index is 0.0394. The van der Waals surface area contributed by atoms with E-state index >= 15 is 0 Å². The van der Waals surface area contributed by atoms with Crippen LogP contribution in [-0.2, 0) is 14.8 Å². The normalized spacial score (nSPS) is 13.9. The van der Waals surface area contributed by atoms with Crippen molar-refractivity contribution in [3.8, 4) is 17.0 Å². The number of hydrogen-bond acceptors (Lipinski definition) is 7. The largest absolute Gasteiger partial charge is 0.482 e. The third-order valence-corrected chi connectivity index (χ3v) is 7.75. The van der Waals surface area contributed by atoms with Gasteiger partial charge in [0.15, 0.2) is 11.7 Å². The summed E-state index contributed by atoms with van der Waals surface area (Å²) in [5, 5.41) is 3.78. The molecule has 0 aliphatic carbocycles. The first-order valence-electron chi connectivity index (χ1n) is 8.57. The van der Waals surface area contributed by atoms with Gasteiger partial charge in [-0.15, -0.1) is 22.7 Å². The Bertz CT molecular complexity index is 1110. The lowest BCUT2D eigenvalue weighted by molar-refractivity contribution is -0.121. The number of sulfonamides is 1. The number of carbonyl (C=O) groups excluding carboxylic acids is 1. The van der Waals surface area contributed by atoms with Crippen LogP contribution in [-0.4, -0.2) is 32.5 Å². The third-order valence-electron chi connectivity index (χ3n) is 4.13. The van der Waals surface area contributed by atoms with Crippen molar-refractivity contribution in [2.45, 2.75) is 17.6 Å². The second-order valence-electron chi connectivity index (χ2n) is 6.09. The van der Waals surface area contributed by atoms with Gasteiger partial charge in [-0.3, -0.25) is 9.52 Å². The fourth-order valence-electron chi connectivity index (χ4n) is 2.87. The minimum atomic E-state index is -3.63. The zero-order valence-electron chi connectivity index (χ0n) is 14.9. The second-order valence-corrected chi connectivity index (χ2v) is 9.81. The van der Waals surface area contributed by atoms with E-state index in [1.54, 1.807) is 27.8 Å². The molecule has 10 heteroatoms. The summed E-state index contributed by atoms with van der Waals surface area (Å²) in [5.41, 5.74) is 2.13. The van der Waals surface area contributed by atoms with Crippen LogP contribution in [0.15, 0.2) is 45.3 Å². The zero-order valence-corrected chi connectivity index (χ0v) is 17.4. The Balaban J connectivity index is 1.62. The van der Waals surface area contributed by atoms with E-state index in [1.165, 1.54) is 11.3 Å². The number of benzene rings is 1. The minimum Gasteiger partial charge on any atom is -0.482 e. The molecule has 28 heavy (non-hydrogen) atoms. The molecule has 0 unspecified atom stereocenters. The number of carbonyl (C=O) groups is 1. The molecule has 0 saturated carbocycles. The molecule has 2 aromatic heterocycles. The fraction of sp³-hybridized carbons (Fsp3) is 0.222. The summed E-state index contributed by atoms with van der Waals surface area (Å²) >= 11 is 2.36. The molecule has 0 bridgehead atoms. The van der Waals surface area contributed by atoms with Crippen molar-refractivity contribution in [3.05, 3.63) is 41.1 Å². The lowest BCUT2D eigenvalue weighted by Gasteiger charge is -2.29. The van der Waals surface area contributed by atoms with Gasteiger partial charge in [0, 0.05) is 17.5 Å². The first kappa shape index (κ1) is 18.9. The van der Waals surface area contributed by atoms with Crippen molar-refractivity contribution in [1.82, 2.24) is 4.98 Å². The highest BCUT2D eigenvalue weighted by Gasteiger charge is 2.25. The van der Waals surface area contributed by atoms with Gasteiger partial charge in [-0.2, -0.15) is 0 Å². The summed E-state index contributed by atoms with van der Waals surface area (Å²) in [4.78, 5) is 18.3. The van der Waals surface area contributed by atoms with E-state index in [0.717, 1.165) is 23.3 Å². The van der Waals surface area contributed by atoms with Crippen molar-refractivity contribution >= 4 is 49.4 Å². The maximum atomic E-state index is 12.4. The van der Waals surface area contributed by atoms with Gasteiger partial charge in [-0.1, -0.05) is 13.0 Å². The number of thiazole rings is 1. The lowest BCUT2D eigenvalue weighted by atomic mass is 10.1. The summed E-state index contributed by atoms with van der Waals surface area (Å²) in [7, 11) is -3.63. The Morgan fingerprint density at radius 2 is 2.14 bits per heavy atom. The predicted octanol–water partition coefficient (Wildman–Crippen LogP) is 3.81. The van der Waals surface area contributed by atoms with Crippen molar-refractivity contribution in [2.24, 2.45) is 0 Å². The van der Waals surface area contributed by atoms with Gasteiger partial charge in [0.1, 0.15) is 9.96 Å². The average Bonchev–Trinajstić information content (AvgIpc) is 3.36. The number of amides is 1. The molecular weight excluding hydrogens is 418 g/mol. The van der Waals surface area contributed by atoms with Gasteiger partial charge < -0.3 is 9.64 Å². The topological polar surface area (TPSA) is 88.6 Å². The molecule has 3 aromatic rings. The maximum Gasteiger partial charge on any atom is 0.273 e. The molecule has 146 valence electrons. The van der Waals surface area contributed by atoms with Gasteiger partial charge in [0.2, 0.25) is 0 Å². The molecule has 0 spiro atoms. The maximum absolute atomic E-state index is 12.4. The second kappa shape index (κ2) is 7.53. The summed E-state index contributed by atoms with van der Waals surface area (Å²) in [6, 6.07) is 8.75. The fourth-order valence-corrected chi connectivity index (χ4v) is 5.83. The number of fused-ring (bicyclic) bond motifs is 1. The van der Waals surface area contributed by atoms with E-state index in [-0.39, 0.29) is 16.7 Å². The van der Waals surface area contributed by atoms with Crippen molar-refractivity contribution in [3.63, 3.8) is 0 Å². The molecule has 0 fully saturated rings. The molecule has 1 aliphatic rings.